The van der Waals surface area contributed by atoms with Crippen LogP contribution in [0, 0.1) is 6.92 Å². The van der Waals surface area contributed by atoms with Crippen molar-refractivity contribution in [1.82, 2.24) is 29.9 Å². The highest BCUT2D eigenvalue weighted by Gasteiger charge is 2.14. The van der Waals surface area contributed by atoms with Gasteiger partial charge in [-0.2, -0.15) is 10.2 Å². The van der Waals surface area contributed by atoms with Crippen LogP contribution in [0.1, 0.15) is 15.9 Å². The van der Waals surface area contributed by atoms with Gasteiger partial charge in [0.2, 0.25) is 0 Å². The second kappa shape index (κ2) is 7.71. The van der Waals surface area contributed by atoms with E-state index in [0.717, 1.165) is 22.3 Å². The minimum absolute atomic E-state index is 0.239. The molecule has 3 N–H and O–H groups in total. The highest BCUT2D eigenvalue weighted by molar-refractivity contribution is 6.04. The molecular weight excluding hydrogens is 392 g/mol. The number of nitrogens with zero attached hydrogens (tertiary/aromatic N) is 5. The van der Waals surface area contributed by atoms with Crippen LogP contribution in [0.5, 0.6) is 0 Å². The lowest BCUT2D eigenvalue weighted by atomic mass is 10.1. The predicted molar refractivity (Wildman–Crippen MR) is 118 cm³/mol. The van der Waals surface area contributed by atoms with Crippen molar-refractivity contribution in [2.75, 3.05) is 10.6 Å². The zero-order chi connectivity index (χ0) is 21.2. The number of aromatic nitrogens is 6. The van der Waals surface area contributed by atoms with E-state index >= 15 is 0 Å². The highest BCUT2D eigenvalue weighted by Crippen LogP contribution is 2.27. The van der Waals surface area contributed by atoms with Crippen molar-refractivity contribution < 1.29 is 4.79 Å². The van der Waals surface area contributed by atoms with E-state index in [4.69, 9.17) is 0 Å². The van der Waals surface area contributed by atoms with E-state index in [1.807, 2.05) is 43.3 Å². The Hall–Kier alpha value is -4.53. The summed E-state index contributed by atoms with van der Waals surface area (Å²) in [5, 5.41) is 17.9. The summed E-state index contributed by atoms with van der Waals surface area (Å²) in [5.74, 6) is 0.907. The van der Waals surface area contributed by atoms with E-state index in [0.29, 0.717) is 22.8 Å². The Morgan fingerprint density at radius 1 is 1.06 bits per heavy atom. The van der Waals surface area contributed by atoms with E-state index in [1.165, 1.54) is 6.33 Å². The van der Waals surface area contributed by atoms with Gasteiger partial charge in [0.15, 0.2) is 5.65 Å². The molecule has 0 unspecified atom stereocenters. The number of para-hydroxylation sites is 1. The average molecular weight is 410 g/mol. The summed E-state index contributed by atoms with van der Waals surface area (Å²) >= 11 is 0. The first-order chi connectivity index (χ1) is 15.2. The third-order valence-electron chi connectivity index (χ3n) is 4.87. The fourth-order valence-corrected chi connectivity index (χ4v) is 3.25. The number of amides is 1. The van der Waals surface area contributed by atoms with Crippen molar-refractivity contribution in [3.8, 4) is 5.69 Å². The van der Waals surface area contributed by atoms with Crippen molar-refractivity contribution in [1.29, 1.82) is 0 Å². The minimum atomic E-state index is -0.239. The molecule has 0 aliphatic rings. The lowest BCUT2D eigenvalue weighted by molar-refractivity contribution is 0.102. The first-order valence-electron chi connectivity index (χ1n) is 9.61. The molecule has 0 atom stereocenters. The van der Waals surface area contributed by atoms with Crippen molar-refractivity contribution in [2.45, 2.75) is 6.92 Å². The molecule has 152 valence electrons. The van der Waals surface area contributed by atoms with E-state index in [2.05, 4.69) is 35.9 Å². The number of aryl methyl sites for hydroxylation is 1. The molecule has 3 aromatic heterocycles. The fourth-order valence-electron chi connectivity index (χ4n) is 3.25. The zero-order valence-corrected chi connectivity index (χ0v) is 16.6. The van der Waals surface area contributed by atoms with Crippen molar-refractivity contribution in [2.24, 2.45) is 0 Å². The number of H-pyrrole nitrogens is 1. The number of fused-ring (bicyclic) bond motifs is 1. The van der Waals surface area contributed by atoms with Crippen LogP contribution in [-0.4, -0.2) is 35.9 Å². The minimum Gasteiger partial charge on any atom is -0.339 e. The van der Waals surface area contributed by atoms with Gasteiger partial charge < -0.3 is 10.6 Å². The molecule has 9 nitrogen and oxygen atoms in total. The van der Waals surface area contributed by atoms with Crippen LogP contribution in [-0.2, 0) is 0 Å². The number of aromatic amines is 1. The Kier molecular flexibility index (Phi) is 4.60. The van der Waals surface area contributed by atoms with Gasteiger partial charge in [0.25, 0.3) is 5.91 Å². The summed E-state index contributed by atoms with van der Waals surface area (Å²) in [6.45, 7) is 1.96. The predicted octanol–water partition coefficient (Wildman–Crippen LogP) is 3.84. The largest absolute Gasteiger partial charge is 0.339 e. The SMILES string of the molecule is Cc1ccc(C(=O)Nc2ccn[nH]2)cc1Nc1ncnc2c1cnn2-c1ccccc1. The average Bonchev–Trinajstić information content (AvgIpc) is 3.46. The second-order valence-electron chi connectivity index (χ2n) is 6.93. The third-order valence-corrected chi connectivity index (χ3v) is 4.87. The first-order valence-corrected chi connectivity index (χ1v) is 9.61. The van der Waals surface area contributed by atoms with Crippen LogP contribution in [0.2, 0.25) is 0 Å². The molecule has 0 fully saturated rings. The van der Waals surface area contributed by atoms with E-state index in [-0.39, 0.29) is 5.91 Å². The van der Waals surface area contributed by atoms with Gasteiger partial charge in [-0.05, 0) is 36.8 Å². The third kappa shape index (κ3) is 3.60. The second-order valence-corrected chi connectivity index (χ2v) is 6.93. The summed E-state index contributed by atoms with van der Waals surface area (Å²) in [6, 6.07) is 16.9. The molecule has 0 saturated carbocycles. The van der Waals surface area contributed by atoms with E-state index < -0.39 is 0 Å². The number of benzene rings is 2. The molecule has 3 heterocycles. The number of nitrogens with one attached hydrogen (secondary N) is 3. The summed E-state index contributed by atoms with van der Waals surface area (Å²) in [6.07, 6.45) is 4.80. The van der Waals surface area contributed by atoms with Crippen LogP contribution in [0.25, 0.3) is 16.7 Å². The van der Waals surface area contributed by atoms with Crippen LogP contribution in [0.4, 0.5) is 17.3 Å². The molecule has 31 heavy (non-hydrogen) atoms. The molecule has 0 bridgehead atoms. The van der Waals surface area contributed by atoms with Crippen molar-refractivity contribution in [3.63, 3.8) is 0 Å². The van der Waals surface area contributed by atoms with Gasteiger partial charge >= 0.3 is 0 Å². The molecule has 0 aliphatic carbocycles. The van der Waals surface area contributed by atoms with Gasteiger partial charge in [-0.25, -0.2) is 14.6 Å². The Morgan fingerprint density at radius 3 is 2.74 bits per heavy atom. The van der Waals surface area contributed by atoms with E-state index in [9.17, 15) is 4.79 Å². The normalized spacial score (nSPS) is 10.9. The fraction of sp³-hybridized carbons (Fsp3) is 0.0455. The van der Waals surface area contributed by atoms with Gasteiger partial charge in [-0.1, -0.05) is 24.3 Å². The van der Waals surface area contributed by atoms with Crippen LogP contribution in [0.3, 0.4) is 0 Å². The number of rotatable bonds is 5. The molecular formula is C22H18N8O. The number of carbonyl (C=O) groups is 1. The molecule has 0 radical (unpaired) electrons. The maximum absolute atomic E-state index is 12.6. The van der Waals surface area contributed by atoms with Gasteiger partial charge in [0.1, 0.15) is 18.0 Å². The summed E-state index contributed by atoms with van der Waals surface area (Å²) < 4.78 is 1.77. The van der Waals surface area contributed by atoms with Crippen LogP contribution >= 0.6 is 0 Å². The molecule has 5 aromatic rings. The van der Waals surface area contributed by atoms with E-state index in [1.54, 1.807) is 35.3 Å². The standard InChI is InChI=1S/C22H18N8O/c1-14-7-8-15(22(31)28-19-9-10-25-29-19)11-18(14)27-20-17-12-26-30(21(17)24-13-23-20)16-5-3-2-4-6-16/h2-13H,1H3,(H,23,24,27)(H2,25,28,29,31). The topological polar surface area (TPSA) is 113 Å². The highest BCUT2D eigenvalue weighted by atomic mass is 16.1. The Balaban J connectivity index is 1.47. The molecule has 0 spiro atoms. The summed E-state index contributed by atoms with van der Waals surface area (Å²) in [4.78, 5) is 21.4. The number of carbonyl (C=O) groups excluding carboxylic acids is 1. The van der Waals surface area contributed by atoms with Gasteiger partial charge in [-0.3, -0.25) is 9.89 Å². The Bertz CT molecular complexity index is 1360. The van der Waals surface area contributed by atoms with Crippen molar-refractivity contribution >= 4 is 34.3 Å². The van der Waals surface area contributed by atoms with Gasteiger partial charge in [0, 0.05) is 17.3 Å². The molecule has 0 saturated heterocycles. The van der Waals surface area contributed by atoms with Crippen molar-refractivity contribution in [3.05, 3.63) is 84.4 Å². The maximum Gasteiger partial charge on any atom is 0.256 e. The number of anilines is 3. The smallest absolute Gasteiger partial charge is 0.256 e. The van der Waals surface area contributed by atoms with Gasteiger partial charge in [0.05, 0.1) is 23.5 Å². The number of hydrogen-bond acceptors (Lipinski definition) is 6. The van der Waals surface area contributed by atoms with Gasteiger partial charge in [-0.15, -0.1) is 0 Å². The first kappa shape index (κ1) is 18.5. The molecule has 2 aromatic carbocycles. The summed E-state index contributed by atoms with van der Waals surface area (Å²) in [7, 11) is 0. The molecule has 9 heteroatoms. The number of hydrogen-bond donors (Lipinski definition) is 3. The maximum atomic E-state index is 12.6. The van der Waals surface area contributed by atoms with Crippen LogP contribution in [0.15, 0.2) is 73.3 Å². The lowest BCUT2D eigenvalue weighted by Gasteiger charge is -2.12. The Morgan fingerprint density at radius 2 is 1.94 bits per heavy atom. The monoisotopic (exact) mass is 410 g/mol. The Labute approximate surface area is 177 Å². The zero-order valence-electron chi connectivity index (χ0n) is 16.6. The lowest BCUT2D eigenvalue weighted by Crippen LogP contribution is -2.12. The molecule has 1 amide bonds. The summed E-state index contributed by atoms with van der Waals surface area (Å²) in [5.41, 5.74) is 3.85. The quantitative estimate of drug-likeness (QED) is 0.406. The van der Waals surface area contributed by atoms with Crippen LogP contribution < -0.4 is 10.6 Å². The molecule has 0 aliphatic heterocycles. The molecule has 5 rings (SSSR count).